The van der Waals surface area contributed by atoms with E-state index in [9.17, 15) is 4.79 Å². The van der Waals surface area contributed by atoms with Gasteiger partial charge in [-0.3, -0.25) is 10.1 Å². The molecule has 72 valence electrons. The average molecular weight is 182 g/mol. The van der Waals surface area contributed by atoms with Gasteiger partial charge in [0.2, 0.25) is 11.9 Å². The highest BCUT2D eigenvalue weighted by Crippen LogP contribution is 2.02. The van der Waals surface area contributed by atoms with Gasteiger partial charge in [-0.25, -0.2) is 4.98 Å². The van der Waals surface area contributed by atoms with E-state index in [1.54, 1.807) is 12.4 Å². The van der Waals surface area contributed by atoms with Gasteiger partial charge < -0.3 is 10.7 Å². The number of nitrogens with one attached hydrogen (secondary N) is 2. The minimum absolute atomic E-state index is 0.120. The van der Waals surface area contributed by atoms with Crippen LogP contribution in [0.5, 0.6) is 0 Å². The maximum Gasteiger partial charge on any atom is 0.243 e. The third-order valence-electron chi connectivity index (χ3n) is 1.76. The third kappa shape index (κ3) is 2.55. The van der Waals surface area contributed by atoms with Crippen molar-refractivity contribution < 1.29 is 4.79 Å². The van der Waals surface area contributed by atoms with Crippen molar-refractivity contribution in [1.29, 1.82) is 0 Å². The smallest absolute Gasteiger partial charge is 0.243 e. The molecule has 0 unspecified atom stereocenters. The molecule has 0 fully saturated rings. The molecule has 0 saturated heterocycles. The summed E-state index contributed by atoms with van der Waals surface area (Å²) in [5.74, 6) is 0.334. The lowest BCUT2D eigenvalue weighted by atomic mass is 10.1. The van der Waals surface area contributed by atoms with Crippen LogP contribution >= 0.6 is 0 Å². The molecule has 0 spiro atoms. The van der Waals surface area contributed by atoms with Gasteiger partial charge in [-0.1, -0.05) is 13.8 Å². The van der Waals surface area contributed by atoms with Gasteiger partial charge in [0.25, 0.3) is 0 Å². The number of hydrogen-bond acceptors (Lipinski definition) is 3. The summed E-state index contributed by atoms with van der Waals surface area (Å²) < 4.78 is 0. The average Bonchev–Trinajstić information content (AvgIpc) is 2.55. The van der Waals surface area contributed by atoms with Crippen molar-refractivity contribution in [2.24, 2.45) is 11.7 Å². The van der Waals surface area contributed by atoms with Crippen molar-refractivity contribution in [3.05, 3.63) is 12.4 Å². The van der Waals surface area contributed by atoms with Crippen molar-refractivity contribution >= 4 is 11.9 Å². The molecule has 0 aliphatic rings. The van der Waals surface area contributed by atoms with Crippen molar-refractivity contribution in [2.75, 3.05) is 5.32 Å². The van der Waals surface area contributed by atoms with E-state index < -0.39 is 6.04 Å². The number of nitrogens with two attached hydrogens (primary N) is 1. The van der Waals surface area contributed by atoms with Crippen LogP contribution in [0.15, 0.2) is 12.4 Å². The number of imidazole rings is 1. The van der Waals surface area contributed by atoms with Gasteiger partial charge >= 0.3 is 0 Å². The van der Waals surface area contributed by atoms with Crippen molar-refractivity contribution in [3.8, 4) is 0 Å². The summed E-state index contributed by atoms with van der Waals surface area (Å²) in [6.07, 6.45) is 3.20. The Morgan fingerprint density at radius 1 is 1.69 bits per heavy atom. The van der Waals surface area contributed by atoms with E-state index in [1.165, 1.54) is 0 Å². The van der Waals surface area contributed by atoms with E-state index in [-0.39, 0.29) is 11.8 Å². The Hall–Kier alpha value is -1.36. The van der Waals surface area contributed by atoms with Crippen LogP contribution in [0.3, 0.4) is 0 Å². The minimum Gasteiger partial charge on any atom is -0.331 e. The topological polar surface area (TPSA) is 83.8 Å². The normalized spacial score (nSPS) is 12.9. The predicted octanol–water partition coefficient (Wildman–Crippen LogP) is 0.331. The molecule has 5 heteroatoms. The monoisotopic (exact) mass is 182 g/mol. The highest BCUT2D eigenvalue weighted by molar-refractivity contribution is 5.93. The molecule has 1 rings (SSSR count). The largest absolute Gasteiger partial charge is 0.331 e. The number of carbonyl (C=O) groups is 1. The Kier molecular flexibility index (Phi) is 3.02. The van der Waals surface area contributed by atoms with Gasteiger partial charge in [-0.05, 0) is 5.92 Å². The number of hydrogen-bond donors (Lipinski definition) is 3. The molecule has 1 heterocycles. The quantitative estimate of drug-likeness (QED) is 0.630. The van der Waals surface area contributed by atoms with E-state index >= 15 is 0 Å². The predicted molar refractivity (Wildman–Crippen MR) is 50.0 cm³/mol. The zero-order valence-electron chi connectivity index (χ0n) is 7.74. The number of carbonyl (C=O) groups excluding carboxylic acids is 1. The number of aromatic amines is 1. The molecule has 0 aromatic carbocycles. The Labute approximate surface area is 76.7 Å². The molecular weight excluding hydrogens is 168 g/mol. The molecule has 1 atom stereocenters. The second-order valence-electron chi connectivity index (χ2n) is 3.20. The van der Waals surface area contributed by atoms with Crippen LogP contribution in [-0.2, 0) is 4.79 Å². The molecule has 1 aromatic rings. The molecule has 1 amide bonds. The summed E-state index contributed by atoms with van der Waals surface area (Å²) in [6, 6.07) is -0.495. The van der Waals surface area contributed by atoms with Crippen LogP contribution in [0.4, 0.5) is 5.95 Å². The maximum absolute atomic E-state index is 11.4. The van der Waals surface area contributed by atoms with Gasteiger partial charge in [0.05, 0.1) is 6.04 Å². The van der Waals surface area contributed by atoms with Crippen LogP contribution in [0.25, 0.3) is 0 Å². The van der Waals surface area contributed by atoms with Gasteiger partial charge in [0.1, 0.15) is 0 Å². The zero-order valence-corrected chi connectivity index (χ0v) is 7.74. The SMILES string of the molecule is CC(C)[C@H](N)C(=O)Nc1ncc[nH]1. The van der Waals surface area contributed by atoms with Crippen LogP contribution in [0, 0.1) is 5.92 Å². The van der Waals surface area contributed by atoms with E-state index in [2.05, 4.69) is 15.3 Å². The fourth-order valence-electron chi connectivity index (χ4n) is 0.836. The molecule has 5 nitrogen and oxygen atoms in total. The van der Waals surface area contributed by atoms with Crippen molar-refractivity contribution in [2.45, 2.75) is 19.9 Å². The first-order chi connectivity index (χ1) is 6.11. The zero-order chi connectivity index (χ0) is 9.84. The number of aromatic nitrogens is 2. The fraction of sp³-hybridized carbons (Fsp3) is 0.500. The van der Waals surface area contributed by atoms with Gasteiger partial charge in [-0.2, -0.15) is 0 Å². The lowest BCUT2D eigenvalue weighted by Crippen LogP contribution is -2.39. The molecule has 4 N–H and O–H groups in total. The summed E-state index contributed by atoms with van der Waals surface area (Å²) >= 11 is 0. The molecular formula is C8H14N4O. The van der Waals surface area contributed by atoms with Crippen LogP contribution in [-0.4, -0.2) is 21.9 Å². The van der Waals surface area contributed by atoms with Crippen LogP contribution < -0.4 is 11.1 Å². The molecule has 0 aliphatic heterocycles. The van der Waals surface area contributed by atoms with E-state index in [4.69, 9.17) is 5.73 Å². The van der Waals surface area contributed by atoms with E-state index in [0.717, 1.165) is 0 Å². The highest BCUT2D eigenvalue weighted by Gasteiger charge is 2.17. The number of H-pyrrole nitrogens is 1. The Morgan fingerprint density at radius 2 is 2.38 bits per heavy atom. The second kappa shape index (κ2) is 4.04. The third-order valence-corrected chi connectivity index (χ3v) is 1.76. The highest BCUT2D eigenvalue weighted by atomic mass is 16.2. The van der Waals surface area contributed by atoms with Crippen LogP contribution in [0.1, 0.15) is 13.8 Å². The number of anilines is 1. The fourth-order valence-corrected chi connectivity index (χ4v) is 0.836. The summed E-state index contributed by atoms with van der Waals surface area (Å²) in [4.78, 5) is 18.0. The Balaban J connectivity index is 2.51. The lowest BCUT2D eigenvalue weighted by Gasteiger charge is -2.13. The number of rotatable bonds is 3. The standard InChI is InChI=1S/C8H14N4O/c1-5(2)6(9)7(13)12-8-10-3-4-11-8/h3-6H,9H2,1-2H3,(H2,10,11,12,13)/t6-/m0/s1. The molecule has 0 aliphatic carbocycles. The summed E-state index contributed by atoms with van der Waals surface area (Å²) in [5.41, 5.74) is 5.62. The number of amides is 1. The minimum atomic E-state index is -0.495. The lowest BCUT2D eigenvalue weighted by molar-refractivity contribution is -0.118. The summed E-state index contributed by atoms with van der Waals surface area (Å²) in [5, 5.41) is 2.57. The number of nitrogens with zero attached hydrogens (tertiary/aromatic N) is 1. The van der Waals surface area contributed by atoms with Gasteiger partial charge in [-0.15, -0.1) is 0 Å². The Bertz CT molecular complexity index is 268. The molecule has 0 saturated carbocycles. The first-order valence-corrected chi connectivity index (χ1v) is 4.17. The van der Waals surface area contributed by atoms with E-state index in [1.807, 2.05) is 13.8 Å². The second-order valence-corrected chi connectivity index (χ2v) is 3.20. The van der Waals surface area contributed by atoms with Gasteiger partial charge in [0.15, 0.2) is 0 Å². The molecule has 0 radical (unpaired) electrons. The Morgan fingerprint density at radius 3 is 2.85 bits per heavy atom. The maximum atomic E-state index is 11.4. The summed E-state index contributed by atoms with van der Waals surface area (Å²) in [6.45, 7) is 3.79. The van der Waals surface area contributed by atoms with Crippen LogP contribution in [0.2, 0.25) is 0 Å². The first kappa shape index (κ1) is 9.73. The molecule has 0 bridgehead atoms. The van der Waals surface area contributed by atoms with Crippen molar-refractivity contribution in [3.63, 3.8) is 0 Å². The van der Waals surface area contributed by atoms with Crippen molar-refractivity contribution in [1.82, 2.24) is 9.97 Å². The van der Waals surface area contributed by atoms with E-state index in [0.29, 0.717) is 5.95 Å². The molecule has 13 heavy (non-hydrogen) atoms. The first-order valence-electron chi connectivity index (χ1n) is 4.17. The summed E-state index contributed by atoms with van der Waals surface area (Å²) in [7, 11) is 0. The van der Waals surface area contributed by atoms with Gasteiger partial charge in [0, 0.05) is 12.4 Å². The molecule has 1 aromatic heterocycles.